The van der Waals surface area contributed by atoms with Gasteiger partial charge in [0.2, 0.25) is 0 Å². The van der Waals surface area contributed by atoms with E-state index >= 15 is 0 Å². The van der Waals surface area contributed by atoms with Crippen LogP contribution in [0.1, 0.15) is 0 Å². The number of hydrogen-bond donors (Lipinski definition) is 2. The fraction of sp³-hybridized carbons (Fsp3) is 0. The van der Waals surface area contributed by atoms with Gasteiger partial charge in [-0.1, -0.05) is 0 Å². The van der Waals surface area contributed by atoms with Crippen LogP contribution < -0.4 is 10.5 Å². The molecule has 21 heavy (non-hydrogen) atoms. The molecule has 8 nitrogen and oxygen atoms in total. The van der Waals surface area contributed by atoms with E-state index in [0.717, 1.165) is 18.2 Å². The molecule has 0 bridgehead atoms. The van der Waals surface area contributed by atoms with E-state index in [4.69, 9.17) is 5.73 Å². The molecule has 1 aromatic heterocycles. The third kappa shape index (κ3) is 3.05. The number of nitrogens with two attached hydrogens (primary N) is 1. The van der Waals surface area contributed by atoms with Gasteiger partial charge in [0.1, 0.15) is 16.5 Å². The predicted molar refractivity (Wildman–Crippen MR) is 72.5 cm³/mol. The third-order valence-electron chi connectivity index (χ3n) is 2.49. The number of nitro benzene ring substituents is 1. The van der Waals surface area contributed by atoms with E-state index in [1.165, 1.54) is 18.3 Å². The number of anilines is 2. The summed E-state index contributed by atoms with van der Waals surface area (Å²) in [5, 5.41) is 10.6. The van der Waals surface area contributed by atoms with Gasteiger partial charge in [-0.25, -0.2) is 17.8 Å². The fourth-order valence-corrected chi connectivity index (χ4v) is 2.68. The van der Waals surface area contributed by atoms with Crippen LogP contribution in [0.5, 0.6) is 0 Å². The number of rotatable bonds is 4. The van der Waals surface area contributed by atoms with Crippen molar-refractivity contribution in [3.63, 3.8) is 0 Å². The van der Waals surface area contributed by atoms with Crippen molar-refractivity contribution in [3.05, 3.63) is 52.5 Å². The Morgan fingerprint density at radius 2 is 2.05 bits per heavy atom. The fourth-order valence-electron chi connectivity index (χ4n) is 1.53. The zero-order valence-corrected chi connectivity index (χ0v) is 11.2. The molecule has 1 heterocycles. The molecule has 0 aliphatic carbocycles. The minimum Gasteiger partial charge on any atom is -0.383 e. The quantitative estimate of drug-likeness (QED) is 0.650. The average Bonchev–Trinajstić information content (AvgIpc) is 2.41. The Labute approximate surface area is 118 Å². The number of hydrogen-bond acceptors (Lipinski definition) is 6. The van der Waals surface area contributed by atoms with Crippen LogP contribution in [-0.2, 0) is 10.0 Å². The number of aromatic nitrogens is 1. The maximum Gasteiger partial charge on any atom is 0.271 e. The van der Waals surface area contributed by atoms with Gasteiger partial charge in [0.25, 0.3) is 15.7 Å². The normalized spacial score (nSPS) is 11.1. The highest BCUT2D eigenvalue weighted by Crippen LogP contribution is 2.25. The number of non-ortho nitro benzene ring substituents is 1. The standard InChI is InChI=1S/C11H9FN4O4S/c12-8-4-3-7(16(17)18)6-9(8)15-21(19,20)10-2-1-5-14-11(10)13/h1-6,15H,(H2,13,14). The highest BCUT2D eigenvalue weighted by molar-refractivity contribution is 7.92. The highest BCUT2D eigenvalue weighted by Gasteiger charge is 2.21. The highest BCUT2D eigenvalue weighted by atomic mass is 32.2. The summed E-state index contributed by atoms with van der Waals surface area (Å²) in [6.45, 7) is 0. The van der Waals surface area contributed by atoms with Gasteiger partial charge in [0.05, 0.1) is 10.6 Å². The maximum atomic E-state index is 13.6. The molecule has 3 N–H and O–H groups in total. The Hall–Kier alpha value is -2.75. The zero-order valence-electron chi connectivity index (χ0n) is 10.4. The van der Waals surface area contributed by atoms with Crippen molar-refractivity contribution in [1.29, 1.82) is 0 Å². The summed E-state index contributed by atoms with van der Waals surface area (Å²) in [6.07, 6.45) is 1.29. The van der Waals surface area contributed by atoms with Crippen molar-refractivity contribution in [3.8, 4) is 0 Å². The summed E-state index contributed by atoms with van der Waals surface area (Å²) in [4.78, 5) is 13.1. The van der Waals surface area contributed by atoms with Gasteiger partial charge in [-0.2, -0.15) is 0 Å². The summed E-state index contributed by atoms with van der Waals surface area (Å²) >= 11 is 0. The van der Waals surface area contributed by atoms with E-state index in [2.05, 4.69) is 4.98 Å². The monoisotopic (exact) mass is 312 g/mol. The third-order valence-corrected chi connectivity index (χ3v) is 3.91. The van der Waals surface area contributed by atoms with Crippen molar-refractivity contribution in [2.75, 3.05) is 10.5 Å². The van der Waals surface area contributed by atoms with E-state index in [0.29, 0.717) is 0 Å². The van der Waals surface area contributed by atoms with Crippen LogP contribution in [0.4, 0.5) is 21.6 Å². The lowest BCUT2D eigenvalue weighted by Gasteiger charge is -2.09. The van der Waals surface area contributed by atoms with Crippen molar-refractivity contribution in [2.24, 2.45) is 0 Å². The van der Waals surface area contributed by atoms with Gasteiger partial charge in [0, 0.05) is 18.3 Å². The van der Waals surface area contributed by atoms with Crippen molar-refractivity contribution < 1.29 is 17.7 Å². The van der Waals surface area contributed by atoms with Crippen molar-refractivity contribution in [2.45, 2.75) is 4.90 Å². The van der Waals surface area contributed by atoms with E-state index < -0.39 is 32.1 Å². The molecule has 0 saturated carbocycles. The van der Waals surface area contributed by atoms with Crippen LogP contribution in [0.15, 0.2) is 41.4 Å². The van der Waals surface area contributed by atoms with Gasteiger partial charge in [-0.15, -0.1) is 0 Å². The lowest BCUT2D eigenvalue weighted by atomic mass is 10.3. The molecular formula is C11H9FN4O4S. The minimum atomic E-state index is -4.21. The summed E-state index contributed by atoms with van der Waals surface area (Å²) in [5.41, 5.74) is 4.44. The van der Waals surface area contributed by atoms with E-state index in [1.807, 2.05) is 4.72 Å². The molecular weight excluding hydrogens is 303 g/mol. The number of benzene rings is 1. The number of nitrogen functional groups attached to an aromatic ring is 1. The first-order chi connectivity index (χ1) is 9.81. The summed E-state index contributed by atoms with van der Waals surface area (Å²) in [7, 11) is -4.21. The second-order valence-electron chi connectivity index (χ2n) is 3.91. The molecule has 110 valence electrons. The van der Waals surface area contributed by atoms with Crippen LogP contribution in [0.3, 0.4) is 0 Å². The average molecular weight is 312 g/mol. The number of pyridine rings is 1. The molecule has 0 atom stereocenters. The first-order valence-electron chi connectivity index (χ1n) is 5.48. The Kier molecular flexibility index (Phi) is 3.72. The van der Waals surface area contributed by atoms with Crippen molar-refractivity contribution in [1.82, 2.24) is 4.98 Å². The van der Waals surface area contributed by atoms with E-state index in [9.17, 15) is 22.9 Å². The predicted octanol–water partition coefficient (Wildman–Crippen LogP) is 1.51. The van der Waals surface area contributed by atoms with Crippen LogP contribution in [0, 0.1) is 15.9 Å². The van der Waals surface area contributed by atoms with Crippen LogP contribution in [0.25, 0.3) is 0 Å². The number of nitro groups is 1. The SMILES string of the molecule is Nc1ncccc1S(=O)(=O)Nc1cc([N+](=O)[O-])ccc1F. The van der Waals surface area contributed by atoms with Gasteiger partial charge in [0.15, 0.2) is 0 Å². The molecule has 0 amide bonds. The first kappa shape index (κ1) is 14.7. The first-order valence-corrected chi connectivity index (χ1v) is 6.97. The van der Waals surface area contributed by atoms with Gasteiger partial charge in [-0.3, -0.25) is 14.8 Å². The van der Waals surface area contributed by atoms with Crippen LogP contribution >= 0.6 is 0 Å². The molecule has 0 saturated heterocycles. The second-order valence-corrected chi connectivity index (χ2v) is 5.56. The molecule has 0 fully saturated rings. The van der Waals surface area contributed by atoms with Gasteiger partial charge in [-0.05, 0) is 18.2 Å². The van der Waals surface area contributed by atoms with Gasteiger partial charge >= 0.3 is 0 Å². The second kappa shape index (κ2) is 5.32. The number of nitrogens with one attached hydrogen (secondary N) is 1. The molecule has 0 unspecified atom stereocenters. The summed E-state index contributed by atoms with van der Waals surface area (Å²) < 4.78 is 39.7. The molecule has 0 spiro atoms. The molecule has 0 aliphatic rings. The summed E-state index contributed by atoms with van der Waals surface area (Å²) in [6, 6.07) is 5.02. The minimum absolute atomic E-state index is 0.268. The smallest absolute Gasteiger partial charge is 0.271 e. The Morgan fingerprint density at radius 3 is 2.67 bits per heavy atom. The number of halogens is 1. The largest absolute Gasteiger partial charge is 0.383 e. The molecule has 2 rings (SSSR count). The lowest BCUT2D eigenvalue weighted by Crippen LogP contribution is -2.16. The molecule has 0 aliphatic heterocycles. The van der Waals surface area contributed by atoms with E-state index in [1.54, 1.807) is 0 Å². The van der Waals surface area contributed by atoms with Crippen LogP contribution in [-0.4, -0.2) is 18.3 Å². The Bertz CT molecular complexity index is 810. The summed E-state index contributed by atoms with van der Waals surface area (Å²) in [5.74, 6) is -1.22. The number of sulfonamides is 1. The van der Waals surface area contributed by atoms with E-state index in [-0.39, 0.29) is 10.7 Å². The van der Waals surface area contributed by atoms with Gasteiger partial charge < -0.3 is 5.73 Å². The molecule has 10 heteroatoms. The molecule has 0 radical (unpaired) electrons. The zero-order chi connectivity index (χ0) is 15.6. The lowest BCUT2D eigenvalue weighted by molar-refractivity contribution is -0.384. The van der Waals surface area contributed by atoms with Crippen molar-refractivity contribution >= 4 is 27.2 Å². The Balaban J connectivity index is 2.44. The Morgan fingerprint density at radius 1 is 1.33 bits per heavy atom. The molecule has 1 aromatic carbocycles. The molecule has 2 aromatic rings. The number of nitrogens with zero attached hydrogens (tertiary/aromatic N) is 2. The van der Waals surface area contributed by atoms with Crippen LogP contribution in [0.2, 0.25) is 0 Å². The topological polar surface area (TPSA) is 128 Å². The maximum absolute atomic E-state index is 13.6.